The molecule has 33 heavy (non-hydrogen) atoms. The van der Waals surface area contributed by atoms with Gasteiger partial charge in [-0.25, -0.2) is 10.1 Å². The van der Waals surface area contributed by atoms with E-state index in [1.54, 1.807) is 44.6 Å². The molecule has 0 saturated carbocycles. The van der Waals surface area contributed by atoms with E-state index >= 15 is 0 Å². The third-order valence-electron chi connectivity index (χ3n) is 5.02. The Labute approximate surface area is 190 Å². The van der Waals surface area contributed by atoms with E-state index in [-0.39, 0.29) is 12.1 Å². The molecule has 0 saturated heterocycles. The van der Waals surface area contributed by atoms with Gasteiger partial charge < -0.3 is 9.47 Å². The third kappa shape index (κ3) is 4.74. The Morgan fingerprint density at radius 3 is 2.39 bits per heavy atom. The molecule has 166 valence electrons. The van der Waals surface area contributed by atoms with E-state index in [9.17, 15) is 9.59 Å². The number of rotatable bonds is 7. The molecule has 0 fully saturated rings. The number of ether oxygens (including phenoxy) is 2. The van der Waals surface area contributed by atoms with Crippen LogP contribution in [0.4, 0.5) is 0 Å². The third-order valence-corrected chi connectivity index (χ3v) is 5.02. The number of hydrazone groups is 1. The molecule has 1 aromatic heterocycles. The number of amides is 1. The number of benzene rings is 3. The summed E-state index contributed by atoms with van der Waals surface area (Å²) in [5, 5.41) is 9.68. The number of hydrogen-bond donors (Lipinski definition) is 1. The summed E-state index contributed by atoms with van der Waals surface area (Å²) in [6.45, 7) is -0.271. The fraction of sp³-hybridized carbons (Fsp3) is 0.120. The minimum atomic E-state index is -0.476. The van der Waals surface area contributed by atoms with Crippen LogP contribution in [-0.4, -0.2) is 36.1 Å². The summed E-state index contributed by atoms with van der Waals surface area (Å²) < 4.78 is 11.6. The first-order valence-electron chi connectivity index (χ1n) is 10.2. The number of carbonyl (C=O) groups excluding carboxylic acids is 1. The van der Waals surface area contributed by atoms with Gasteiger partial charge in [0.15, 0.2) is 11.5 Å². The highest BCUT2D eigenvalue weighted by atomic mass is 16.5. The number of aromatic nitrogens is 2. The standard InChI is InChI=1S/C25H22N4O4/c1-32-21-13-12-17(14-22(21)33-2)15-26-27-23(30)16-29-25(31)20-11-7-6-10-19(20)24(28-29)18-8-4-3-5-9-18/h3-15H,16H2,1-2H3,(H,27,30). The average Bonchev–Trinajstić information content (AvgIpc) is 2.86. The largest absolute Gasteiger partial charge is 0.493 e. The molecule has 0 aliphatic carbocycles. The number of fused-ring (bicyclic) bond motifs is 1. The van der Waals surface area contributed by atoms with Crippen LogP contribution in [0.2, 0.25) is 0 Å². The van der Waals surface area contributed by atoms with E-state index in [0.29, 0.717) is 28.1 Å². The van der Waals surface area contributed by atoms with E-state index in [1.807, 2.05) is 42.5 Å². The lowest BCUT2D eigenvalue weighted by molar-refractivity contribution is -0.121. The van der Waals surface area contributed by atoms with Gasteiger partial charge in [-0.1, -0.05) is 48.5 Å². The van der Waals surface area contributed by atoms with Crippen molar-refractivity contribution in [3.05, 3.63) is 88.7 Å². The maximum absolute atomic E-state index is 12.9. The van der Waals surface area contributed by atoms with Crippen LogP contribution < -0.4 is 20.5 Å². The van der Waals surface area contributed by atoms with Crippen molar-refractivity contribution in [2.45, 2.75) is 6.54 Å². The van der Waals surface area contributed by atoms with Crippen molar-refractivity contribution < 1.29 is 14.3 Å². The van der Waals surface area contributed by atoms with E-state index in [0.717, 1.165) is 15.6 Å². The Bertz CT molecular complexity index is 1380. The summed E-state index contributed by atoms with van der Waals surface area (Å²) >= 11 is 0. The van der Waals surface area contributed by atoms with Crippen molar-refractivity contribution in [2.24, 2.45) is 5.10 Å². The van der Waals surface area contributed by atoms with Crippen molar-refractivity contribution in [1.29, 1.82) is 0 Å². The van der Waals surface area contributed by atoms with Gasteiger partial charge in [0, 0.05) is 10.9 Å². The number of carbonyl (C=O) groups is 1. The monoisotopic (exact) mass is 442 g/mol. The normalized spacial score (nSPS) is 11.0. The highest BCUT2D eigenvalue weighted by Gasteiger charge is 2.14. The molecule has 0 unspecified atom stereocenters. The molecular weight excluding hydrogens is 420 g/mol. The average molecular weight is 442 g/mol. The second-order valence-corrected chi connectivity index (χ2v) is 7.13. The minimum absolute atomic E-state index is 0.271. The zero-order valence-corrected chi connectivity index (χ0v) is 18.2. The Balaban J connectivity index is 1.57. The predicted molar refractivity (Wildman–Crippen MR) is 127 cm³/mol. The van der Waals surface area contributed by atoms with E-state index in [4.69, 9.17) is 9.47 Å². The fourth-order valence-electron chi connectivity index (χ4n) is 3.43. The number of methoxy groups -OCH3 is 2. The highest BCUT2D eigenvalue weighted by molar-refractivity contribution is 5.94. The van der Waals surface area contributed by atoms with Crippen LogP contribution in [0.5, 0.6) is 11.5 Å². The molecule has 3 aromatic carbocycles. The molecular formula is C25H22N4O4. The molecule has 8 nitrogen and oxygen atoms in total. The van der Waals surface area contributed by atoms with Crippen LogP contribution in [0.15, 0.2) is 82.7 Å². The van der Waals surface area contributed by atoms with Crippen LogP contribution in [0.3, 0.4) is 0 Å². The van der Waals surface area contributed by atoms with Crippen LogP contribution in [0.25, 0.3) is 22.0 Å². The molecule has 0 aliphatic heterocycles. The van der Waals surface area contributed by atoms with Crippen molar-refractivity contribution >= 4 is 22.9 Å². The Kier molecular flexibility index (Phi) is 6.45. The molecule has 0 aliphatic rings. The summed E-state index contributed by atoms with van der Waals surface area (Å²) in [4.78, 5) is 25.4. The quantitative estimate of drug-likeness (QED) is 0.350. The Hall–Kier alpha value is -4.46. The van der Waals surface area contributed by atoms with Gasteiger partial charge in [0.25, 0.3) is 11.5 Å². The van der Waals surface area contributed by atoms with Crippen molar-refractivity contribution in [2.75, 3.05) is 14.2 Å². The first kappa shape index (κ1) is 21.8. The van der Waals surface area contributed by atoms with Crippen LogP contribution in [0.1, 0.15) is 5.56 Å². The molecule has 0 bridgehead atoms. The van der Waals surface area contributed by atoms with Crippen molar-refractivity contribution in [1.82, 2.24) is 15.2 Å². The summed E-state index contributed by atoms with van der Waals surface area (Å²) in [6, 6.07) is 22.0. The van der Waals surface area contributed by atoms with E-state index < -0.39 is 5.91 Å². The summed E-state index contributed by atoms with van der Waals surface area (Å²) in [5.74, 6) is 0.665. The van der Waals surface area contributed by atoms with Crippen molar-refractivity contribution in [3.63, 3.8) is 0 Å². The Morgan fingerprint density at radius 1 is 0.970 bits per heavy atom. The SMILES string of the molecule is COc1ccc(C=NNC(=O)Cn2nc(-c3ccccc3)c3ccccc3c2=O)cc1OC. The molecule has 0 spiro atoms. The van der Waals surface area contributed by atoms with Gasteiger partial charge in [0.05, 0.1) is 31.5 Å². The fourth-order valence-corrected chi connectivity index (χ4v) is 3.43. The lowest BCUT2D eigenvalue weighted by Gasteiger charge is -2.10. The molecule has 8 heteroatoms. The Morgan fingerprint density at radius 2 is 1.67 bits per heavy atom. The second-order valence-electron chi connectivity index (χ2n) is 7.13. The smallest absolute Gasteiger partial charge is 0.275 e. The van der Waals surface area contributed by atoms with Crippen LogP contribution >= 0.6 is 0 Å². The maximum atomic E-state index is 12.9. The first-order chi connectivity index (χ1) is 16.1. The summed E-state index contributed by atoms with van der Waals surface area (Å²) in [5.41, 5.74) is 4.29. The van der Waals surface area contributed by atoms with Crippen molar-refractivity contribution in [3.8, 4) is 22.8 Å². The molecule has 0 atom stereocenters. The summed E-state index contributed by atoms with van der Waals surface area (Å²) in [7, 11) is 3.09. The zero-order valence-electron chi connectivity index (χ0n) is 18.2. The van der Waals surface area contributed by atoms with Crippen LogP contribution in [0, 0.1) is 0 Å². The molecule has 4 rings (SSSR count). The van der Waals surface area contributed by atoms with Gasteiger partial charge in [0.2, 0.25) is 0 Å². The topological polar surface area (TPSA) is 94.8 Å². The highest BCUT2D eigenvalue weighted by Crippen LogP contribution is 2.27. The van der Waals surface area contributed by atoms with Gasteiger partial charge in [-0.05, 0) is 29.8 Å². The number of nitrogens with zero attached hydrogens (tertiary/aromatic N) is 3. The molecule has 1 N–H and O–H groups in total. The summed E-state index contributed by atoms with van der Waals surface area (Å²) in [6.07, 6.45) is 1.48. The van der Waals surface area contributed by atoms with Crippen LogP contribution in [-0.2, 0) is 11.3 Å². The maximum Gasteiger partial charge on any atom is 0.275 e. The van der Waals surface area contributed by atoms with Gasteiger partial charge in [-0.3, -0.25) is 9.59 Å². The molecule has 1 heterocycles. The van der Waals surface area contributed by atoms with Gasteiger partial charge in [-0.15, -0.1) is 0 Å². The van der Waals surface area contributed by atoms with Gasteiger partial charge >= 0.3 is 0 Å². The van der Waals surface area contributed by atoms with Gasteiger partial charge in [-0.2, -0.15) is 10.2 Å². The first-order valence-corrected chi connectivity index (χ1v) is 10.2. The van der Waals surface area contributed by atoms with E-state index in [1.165, 1.54) is 6.21 Å². The molecule has 4 aromatic rings. The zero-order chi connectivity index (χ0) is 23.2. The predicted octanol–water partition coefficient (Wildman–Crippen LogP) is 3.23. The molecule has 0 radical (unpaired) electrons. The lowest BCUT2D eigenvalue weighted by Crippen LogP contribution is -2.32. The number of nitrogens with one attached hydrogen (secondary N) is 1. The second kappa shape index (κ2) is 9.78. The van der Waals surface area contributed by atoms with E-state index in [2.05, 4.69) is 15.6 Å². The van der Waals surface area contributed by atoms with Gasteiger partial charge in [0.1, 0.15) is 6.54 Å². The number of hydrogen-bond acceptors (Lipinski definition) is 6. The molecule has 1 amide bonds. The lowest BCUT2D eigenvalue weighted by atomic mass is 10.1. The minimum Gasteiger partial charge on any atom is -0.493 e.